The highest BCUT2D eigenvalue weighted by molar-refractivity contribution is 6.09. The van der Waals surface area contributed by atoms with Crippen LogP contribution in [-0.4, -0.2) is 24.6 Å². The van der Waals surface area contributed by atoms with Gasteiger partial charge in [0.25, 0.3) is 5.91 Å². The number of nitrogens with two attached hydrogens (primary N) is 1. The molecule has 2 aromatic carbocycles. The van der Waals surface area contributed by atoms with Crippen molar-refractivity contribution >= 4 is 23.6 Å². The number of anilines is 1. The lowest BCUT2D eigenvalue weighted by Crippen LogP contribution is -2.45. The minimum absolute atomic E-state index is 0.201. The Labute approximate surface area is 144 Å². The molecule has 6 heteroatoms. The first-order valence-electron chi connectivity index (χ1n) is 7.91. The molecule has 0 saturated carbocycles. The molecule has 2 amide bonds. The van der Waals surface area contributed by atoms with Crippen LogP contribution >= 0.6 is 0 Å². The molecule has 2 heterocycles. The Bertz CT molecular complexity index is 891. The van der Waals surface area contributed by atoms with Crippen LogP contribution in [0.25, 0.3) is 6.08 Å². The molecule has 0 radical (unpaired) electrons. The number of carbonyl (C=O) groups excluding carboxylic acids is 2. The van der Waals surface area contributed by atoms with E-state index in [9.17, 15) is 9.59 Å². The number of nitrogens with zero attached hydrogens (tertiary/aromatic N) is 1. The van der Waals surface area contributed by atoms with Crippen molar-refractivity contribution in [3.8, 4) is 11.5 Å². The number of fused-ring (bicyclic) bond motifs is 2. The molecular formula is C19H16N2O4. The number of rotatable bonds is 3. The van der Waals surface area contributed by atoms with Gasteiger partial charge in [0.1, 0.15) is 6.04 Å². The topological polar surface area (TPSA) is 81.9 Å². The summed E-state index contributed by atoms with van der Waals surface area (Å²) in [6.45, 7) is 0.201. The third-order valence-corrected chi connectivity index (χ3v) is 4.36. The maximum absolute atomic E-state index is 12.7. The van der Waals surface area contributed by atoms with Crippen LogP contribution in [-0.2, 0) is 16.0 Å². The number of carbonyl (C=O) groups is 2. The molecule has 0 fully saturated rings. The van der Waals surface area contributed by atoms with Gasteiger partial charge in [0.15, 0.2) is 11.5 Å². The van der Waals surface area contributed by atoms with Gasteiger partial charge >= 0.3 is 0 Å². The lowest BCUT2D eigenvalue weighted by atomic mass is 10.1. The lowest BCUT2D eigenvalue weighted by molar-refractivity contribution is -0.122. The standard InChI is InChI=1S/C19H16N2O4/c20-19(23)15-10-13-3-1-2-4-14(13)21(15)18(22)8-6-12-5-7-16-17(9-12)25-11-24-16/h1-9,15H,10-11H2,(H2,20,23)/b8-6-/t15-/m1/s1. The molecule has 2 aliphatic rings. The zero-order valence-corrected chi connectivity index (χ0v) is 13.3. The Morgan fingerprint density at radius 1 is 1.12 bits per heavy atom. The van der Waals surface area contributed by atoms with Crippen molar-refractivity contribution in [2.75, 3.05) is 11.7 Å². The number of primary amides is 1. The van der Waals surface area contributed by atoms with Crippen molar-refractivity contribution in [2.24, 2.45) is 5.73 Å². The Balaban J connectivity index is 1.60. The molecule has 2 aliphatic heterocycles. The number of amides is 2. The summed E-state index contributed by atoms with van der Waals surface area (Å²) in [5, 5.41) is 0. The summed E-state index contributed by atoms with van der Waals surface area (Å²) < 4.78 is 10.6. The van der Waals surface area contributed by atoms with E-state index in [1.807, 2.05) is 30.3 Å². The predicted octanol–water partition coefficient (Wildman–Crippen LogP) is 1.87. The van der Waals surface area contributed by atoms with Gasteiger partial charge in [-0.2, -0.15) is 0 Å². The Morgan fingerprint density at radius 3 is 2.76 bits per heavy atom. The van der Waals surface area contributed by atoms with Gasteiger partial charge in [-0.05, 0) is 35.4 Å². The fourth-order valence-corrected chi connectivity index (χ4v) is 3.15. The smallest absolute Gasteiger partial charge is 0.251 e. The molecule has 0 unspecified atom stereocenters. The zero-order chi connectivity index (χ0) is 17.4. The van der Waals surface area contributed by atoms with E-state index in [2.05, 4.69) is 0 Å². The van der Waals surface area contributed by atoms with Crippen LogP contribution in [0.5, 0.6) is 11.5 Å². The van der Waals surface area contributed by atoms with E-state index in [0.717, 1.165) is 16.8 Å². The summed E-state index contributed by atoms with van der Waals surface area (Å²) in [6.07, 6.45) is 3.56. The molecule has 2 N–H and O–H groups in total. The minimum atomic E-state index is -0.661. The van der Waals surface area contributed by atoms with Crippen molar-refractivity contribution in [1.82, 2.24) is 0 Å². The molecular weight excluding hydrogens is 320 g/mol. The van der Waals surface area contributed by atoms with Gasteiger partial charge in [-0.1, -0.05) is 24.3 Å². The predicted molar refractivity (Wildman–Crippen MR) is 92.2 cm³/mol. The van der Waals surface area contributed by atoms with Crippen LogP contribution in [0.4, 0.5) is 5.69 Å². The van der Waals surface area contributed by atoms with Crippen molar-refractivity contribution < 1.29 is 19.1 Å². The van der Waals surface area contributed by atoms with Crippen molar-refractivity contribution in [3.05, 3.63) is 59.7 Å². The monoisotopic (exact) mass is 336 g/mol. The Kier molecular flexibility index (Phi) is 3.65. The summed E-state index contributed by atoms with van der Waals surface area (Å²) in [4.78, 5) is 25.9. The highest BCUT2D eigenvalue weighted by atomic mass is 16.7. The molecule has 4 rings (SSSR count). The number of hydrogen-bond donors (Lipinski definition) is 1. The zero-order valence-electron chi connectivity index (χ0n) is 13.3. The Morgan fingerprint density at radius 2 is 1.92 bits per heavy atom. The third-order valence-electron chi connectivity index (χ3n) is 4.36. The molecule has 0 spiro atoms. The second kappa shape index (κ2) is 5.98. The fraction of sp³-hybridized carbons (Fsp3) is 0.158. The number of hydrogen-bond acceptors (Lipinski definition) is 4. The van der Waals surface area contributed by atoms with Crippen LogP contribution < -0.4 is 20.1 Å². The van der Waals surface area contributed by atoms with Crippen molar-refractivity contribution in [2.45, 2.75) is 12.5 Å². The highest BCUT2D eigenvalue weighted by Gasteiger charge is 2.36. The van der Waals surface area contributed by atoms with E-state index >= 15 is 0 Å². The van der Waals surface area contributed by atoms with Crippen LogP contribution in [0.15, 0.2) is 48.5 Å². The van der Waals surface area contributed by atoms with E-state index in [0.29, 0.717) is 17.9 Å². The first-order valence-corrected chi connectivity index (χ1v) is 7.91. The Hall–Kier alpha value is -3.28. The van der Waals surface area contributed by atoms with E-state index in [1.54, 1.807) is 18.2 Å². The largest absolute Gasteiger partial charge is 0.454 e. The van der Waals surface area contributed by atoms with E-state index in [4.69, 9.17) is 15.2 Å². The van der Waals surface area contributed by atoms with Crippen LogP contribution in [0.1, 0.15) is 11.1 Å². The maximum atomic E-state index is 12.7. The van der Waals surface area contributed by atoms with Crippen LogP contribution in [0.2, 0.25) is 0 Å². The van der Waals surface area contributed by atoms with Gasteiger partial charge in [0, 0.05) is 18.2 Å². The van der Waals surface area contributed by atoms with Crippen LogP contribution in [0, 0.1) is 0 Å². The van der Waals surface area contributed by atoms with E-state index < -0.39 is 11.9 Å². The molecule has 0 aromatic heterocycles. The SMILES string of the molecule is NC(=O)[C@H]1Cc2ccccc2N1C(=O)/C=C\c1ccc2c(c1)OCO2. The molecule has 25 heavy (non-hydrogen) atoms. The van der Waals surface area contributed by atoms with E-state index in [-0.39, 0.29) is 12.7 Å². The summed E-state index contributed by atoms with van der Waals surface area (Å²) in [5.74, 6) is 0.536. The van der Waals surface area contributed by atoms with Gasteiger partial charge in [0.05, 0.1) is 0 Å². The van der Waals surface area contributed by atoms with Gasteiger partial charge in [0.2, 0.25) is 12.7 Å². The molecule has 0 aliphatic carbocycles. The average molecular weight is 336 g/mol. The van der Waals surface area contributed by atoms with Gasteiger partial charge in [-0.15, -0.1) is 0 Å². The van der Waals surface area contributed by atoms with E-state index in [1.165, 1.54) is 11.0 Å². The normalized spacial score (nSPS) is 17.8. The quantitative estimate of drug-likeness (QED) is 0.868. The number of para-hydroxylation sites is 1. The fourth-order valence-electron chi connectivity index (χ4n) is 3.15. The van der Waals surface area contributed by atoms with Gasteiger partial charge in [-0.3, -0.25) is 14.5 Å². The highest BCUT2D eigenvalue weighted by Crippen LogP contribution is 2.34. The number of benzene rings is 2. The van der Waals surface area contributed by atoms with Crippen molar-refractivity contribution in [1.29, 1.82) is 0 Å². The molecule has 1 atom stereocenters. The number of ether oxygens (including phenoxy) is 2. The molecule has 126 valence electrons. The minimum Gasteiger partial charge on any atom is -0.454 e. The second-order valence-electron chi connectivity index (χ2n) is 5.91. The molecule has 0 saturated heterocycles. The van der Waals surface area contributed by atoms with Gasteiger partial charge < -0.3 is 15.2 Å². The second-order valence-corrected chi connectivity index (χ2v) is 5.91. The van der Waals surface area contributed by atoms with Gasteiger partial charge in [-0.25, -0.2) is 0 Å². The third kappa shape index (κ3) is 2.71. The summed E-state index contributed by atoms with van der Waals surface area (Å²) in [5.41, 5.74) is 7.96. The summed E-state index contributed by atoms with van der Waals surface area (Å²) in [6, 6.07) is 12.2. The molecule has 0 bridgehead atoms. The summed E-state index contributed by atoms with van der Waals surface area (Å²) >= 11 is 0. The van der Waals surface area contributed by atoms with Crippen LogP contribution in [0.3, 0.4) is 0 Å². The maximum Gasteiger partial charge on any atom is 0.251 e. The first-order chi connectivity index (χ1) is 12.1. The average Bonchev–Trinajstić information content (AvgIpc) is 3.23. The molecule has 6 nitrogen and oxygen atoms in total. The first kappa shape index (κ1) is 15.3. The van der Waals surface area contributed by atoms with Crippen molar-refractivity contribution in [3.63, 3.8) is 0 Å². The lowest BCUT2D eigenvalue weighted by Gasteiger charge is -2.21. The summed E-state index contributed by atoms with van der Waals surface area (Å²) in [7, 11) is 0. The molecule has 2 aromatic rings.